The first kappa shape index (κ1) is 18.4. The largest absolute Gasteiger partial charge is 0.435 e. The van der Waals surface area contributed by atoms with Crippen molar-refractivity contribution in [1.29, 1.82) is 15.8 Å². The van der Waals surface area contributed by atoms with E-state index < -0.39 is 17.9 Å². The summed E-state index contributed by atoms with van der Waals surface area (Å²) in [5, 5.41) is 29.4. The van der Waals surface area contributed by atoms with Crippen LogP contribution < -0.4 is 10.5 Å². The van der Waals surface area contributed by atoms with E-state index >= 15 is 0 Å². The third kappa shape index (κ3) is 2.80. The molecule has 2 N–H and O–H groups in total. The van der Waals surface area contributed by atoms with Crippen LogP contribution in [0, 0.1) is 45.3 Å². The Kier molecular flexibility index (Phi) is 4.84. The van der Waals surface area contributed by atoms with Crippen molar-refractivity contribution in [3.05, 3.63) is 52.7 Å². The summed E-state index contributed by atoms with van der Waals surface area (Å²) in [6.45, 7) is -3.04. The second-order valence-corrected chi connectivity index (χ2v) is 6.52. The number of halogens is 2. The van der Waals surface area contributed by atoms with Gasteiger partial charge in [-0.25, -0.2) is 0 Å². The number of hydrogen-bond donors (Lipinski definition) is 1. The highest BCUT2D eigenvalue weighted by Crippen LogP contribution is 2.57. The van der Waals surface area contributed by atoms with Gasteiger partial charge in [0, 0.05) is 11.5 Å². The van der Waals surface area contributed by atoms with E-state index in [1.54, 1.807) is 18.2 Å². The van der Waals surface area contributed by atoms with E-state index in [4.69, 9.17) is 5.73 Å². The maximum atomic E-state index is 12.9. The number of para-hydroxylation sites is 1. The van der Waals surface area contributed by atoms with E-state index in [0.717, 1.165) is 12.8 Å². The molecule has 0 amide bonds. The lowest BCUT2D eigenvalue weighted by atomic mass is 9.56. The maximum Gasteiger partial charge on any atom is 0.387 e. The number of rotatable bonds is 3. The Morgan fingerprint density at radius 2 is 1.89 bits per heavy atom. The molecule has 0 radical (unpaired) electrons. The van der Waals surface area contributed by atoms with Crippen molar-refractivity contribution in [3.63, 3.8) is 0 Å². The molecule has 0 unspecified atom stereocenters. The Morgan fingerprint density at radius 3 is 2.52 bits per heavy atom. The molecule has 0 spiro atoms. The van der Waals surface area contributed by atoms with Gasteiger partial charge in [0.1, 0.15) is 11.8 Å². The maximum absolute atomic E-state index is 12.9. The standard InChI is InChI=1S/C20H16F2N4O/c21-19(22)27-16-8-4-3-7-14(16)17-13-6-2-1-5-12(13)15(9-23)18(26)20(17,10-24)11-25/h3-5,7-8,13,17,19H,1-2,6,26H2/t13-,17-/m0/s1. The molecule has 0 bridgehead atoms. The van der Waals surface area contributed by atoms with Crippen molar-refractivity contribution in [3.8, 4) is 24.0 Å². The molecule has 2 atom stereocenters. The van der Waals surface area contributed by atoms with Gasteiger partial charge in [0.15, 0.2) is 5.41 Å². The van der Waals surface area contributed by atoms with Crippen molar-refractivity contribution < 1.29 is 13.5 Å². The third-order valence-corrected chi connectivity index (χ3v) is 5.27. The minimum Gasteiger partial charge on any atom is -0.435 e. The number of hydrogen-bond acceptors (Lipinski definition) is 5. The summed E-state index contributed by atoms with van der Waals surface area (Å²) in [7, 11) is 0. The summed E-state index contributed by atoms with van der Waals surface area (Å²) in [6, 6.07) is 12.1. The van der Waals surface area contributed by atoms with Crippen molar-refractivity contribution in [2.45, 2.75) is 31.8 Å². The molecular formula is C20H16F2N4O. The van der Waals surface area contributed by atoms with E-state index in [9.17, 15) is 24.6 Å². The first-order chi connectivity index (χ1) is 13.0. The minimum absolute atomic E-state index is 0.0921. The Bertz CT molecular complexity index is 932. The number of alkyl halides is 2. The molecule has 7 heteroatoms. The zero-order valence-electron chi connectivity index (χ0n) is 14.3. The fourth-order valence-electron chi connectivity index (χ4n) is 4.16. The van der Waals surface area contributed by atoms with Gasteiger partial charge in [0.25, 0.3) is 0 Å². The van der Waals surface area contributed by atoms with Crippen LogP contribution in [0.3, 0.4) is 0 Å². The monoisotopic (exact) mass is 366 g/mol. The second kappa shape index (κ2) is 7.09. The number of ether oxygens (including phenoxy) is 1. The SMILES string of the molecule is N#CC1=C(N)C(C#N)(C#N)[C@H](c2ccccc2OC(F)F)[C@H]2CCCC=C12. The van der Waals surface area contributed by atoms with E-state index in [1.807, 2.05) is 24.3 Å². The molecule has 0 aromatic heterocycles. The van der Waals surface area contributed by atoms with E-state index in [0.29, 0.717) is 17.6 Å². The average molecular weight is 366 g/mol. The molecule has 1 aromatic carbocycles. The van der Waals surface area contributed by atoms with Gasteiger partial charge in [0.05, 0.1) is 23.4 Å². The second-order valence-electron chi connectivity index (χ2n) is 6.52. The molecule has 2 aliphatic rings. The van der Waals surface area contributed by atoms with Gasteiger partial charge in [-0.1, -0.05) is 24.3 Å². The molecule has 5 nitrogen and oxygen atoms in total. The van der Waals surface area contributed by atoms with Gasteiger partial charge >= 0.3 is 6.61 Å². The topological polar surface area (TPSA) is 107 Å². The smallest absolute Gasteiger partial charge is 0.387 e. The Balaban J connectivity index is 2.32. The molecular weight excluding hydrogens is 350 g/mol. The van der Waals surface area contributed by atoms with Crippen LogP contribution in [0.4, 0.5) is 8.78 Å². The van der Waals surface area contributed by atoms with E-state index in [-0.39, 0.29) is 22.9 Å². The van der Waals surface area contributed by atoms with Crippen LogP contribution in [0.15, 0.2) is 47.2 Å². The number of nitrogens with zero attached hydrogens (tertiary/aromatic N) is 3. The van der Waals surface area contributed by atoms with Gasteiger partial charge < -0.3 is 10.5 Å². The molecule has 0 fully saturated rings. The number of benzene rings is 1. The van der Waals surface area contributed by atoms with Crippen molar-refractivity contribution in [1.82, 2.24) is 0 Å². The Morgan fingerprint density at radius 1 is 1.19 bits per heavy atom. The van der Waals surface area contributed by atoms with Gasteiger partial charge in [-0.05, 0) is 36.8 Å². The van der Waals surface area contributed by atoms with Crippen LogP contribution in [0.1, 0.15) is 30.7 Å². The van der Waals surface area contributed by atoms with Gasteiger partial charge in [0.2, 0.25) is 0 Å². The highest BCUT2D eigenvalue weighted by atomic mass is 19.3. The molecule has 1 aromatic rings. The predicted octanol–water partition coefficient (Wildman–Crippen LogP) is 3.88. The van der Waals surface area contributed by atoms with Crippen LogP contribution in [0.25, 0.3) is 0 Å². The lowest BCUT2D eigenvalue weighted by molar-refractivity contribution is -0.0509. The quantitative estimate of drug-likeness (QED) is 0.873. The Labute approximate surface area is 155 Å². The number of nitrogens with two attached hydrogens (primary N) is 1. The number of nitriles is 3. The third-order valence-electron chi connectivity index (χ3n) is 5.27. The molecule has 0 saturated carbocycles. The summed E-state index contributed by atoms with van der Waals surface area (Å²) < 4.78 is 30.5. The van der Waals surface area contributed by atoms with E-state index in [2.05, 4.69) is 4.74 Å². The summed E-state index contributed by atoms with van der Waals surface area (Å²) in [5.74, 6) is -1.26. The number of fused-ring (bicyclic) bond motifs is 1. The van der Waals surface area contributed by atoms with Crippen LogP contribution in [-0.2, 0) is 0 Å². The first-order valence-corrected chi connectivity index (χ1v) is 8.47. The minimum atomic E-state index is -3.04. The van der Waals surface area contributed by atoms with Crippen molar-refractivity contribution >= 4 is 0 Å². The predicted molar refractivity (Wildman–Crippen MR) is 91.7 cm³/mol. The normalized spacial score (nSPS) is 23.5. The zero-order chi connectivity index (χ0) is 19.6. The lowest BCUT2D eigenvalue weighted by Crippen LogP contribution is -2.42. The average Bonchev–Trinajstić information content (AvgIpc) is 2.67. The van der Waals surface area contributed by atoms with Gasteiger partial charge in [-0.2, -0.15) is 24.6 Å². The molecule has 0 heterocycles. The molecule has 3 rings (SSSR count). The Hall–Kier alpha value is -3.37. The summed E-state index contributed by atoms with van der Waals surface area (Å²) in [4.78, 5) is 0. The van der Waals surface area contributed by atoms with Crippen LogP contribution in [-0.4, -0.2) is 6.61 Å². The zero-order valence-corrected chi connectivity index (χ0v) is 14.3. The van der Waals surface area contributed by atoms with Gasteiger partial charge in [-0.3, -0.25) is 0 Å². The molecule has 136 valence electrons. The molecule has 27 heavy (non-hydrogen) atoms. The highest BCUT2D eigenvalue weighted by Gasteiger charge is 2.54. The fourth-order valence-corrected chi connectivity index (χ4v) is 4.16. The molecule has 0 saturated heterocycles. The van der Waals surface area contributed by atoms with Crippen LogP contribution in [0.2, 0.25) is 0 Å². The van der Waals surface area contributed by atoms with E-state index in [1.165, 1.54) is 6.07 Å². The lowest BCUT2D eigenvalue weighted by Gasteiger charge is -2.43. The highest BCUT2D eigenvalue weighted by molar-refractivity contribution is 5.60. The summed E-state index contributed by atoms with van der Waals surface area (Å²) >= 11 is 0. The van der Waals surface area contributed by atoms with Gasteiger partial charge in [-0.15, -0.1) is 0 Å². The number of allylic oxidation sites excluding steroid dienone is 4. The molecule has 2 aliphatic carbocycles. The van der Waals surface area contributed by atoms with Crippen LogP contribution in [0.5, 0.6) is 5.75 Å². The fraction of sp³-hybridized carbons (Fsp3) is 0.350. The summed E-state index contributed by atoms with van der Waals surface area (Å²) in [5.41, 5.74) is 5.33. The van der Waals surface area contributed by atoms with Crippen molar-refractivity contribution in [2.24, 2.45) is 17.1 Å². The van der Waals surface area contributed by atoms with Crippen LogP contribution >= 0.6 is 0 Å². The summed E-state index contributed by atoms with van der Waals surface area (Å²) in [6.07, 6.45) is 4.05. The molecule has 0 aliphatic heterocycles. The first-order valence-electron chi connectivity index (χ1n) is 8.47. The van der Waals surface area contributed by atoms with Crippen molar-refractivity contribution in [2.75, 3.05) is 0 Å².